The molecule has 8 heteroatoms. The van der Waals surface area contributed by atoms with Crippen molar-refractivity contribution in [2.45, 2.75) is 83.0 Å². The van der Waals surface area contributed by atoms with Gasteiger partial charge in [0.05, 0.1) is 6.10 Å². The molecule has 2 fully saturated rings. The van der Waals surface area contributed by atoms with Crippen LogP contribution in [-0.2, 0) is 6.54 Å². The Kier molecular flexibility index (Phi) is 9.31. The lowest BCUT2D eigenvalue weighted by molar-refractivity contribution is 0.0908. The van der Waals surface area contributed by atoms with Crippen molar-refractivity contribution >= 4 is 17.7 Å². The SMILES string of the molecule is CCCCNc1ncc(C(=O)NC2CCN(Cc3ccccc3)CC2)c(NC2CCC(O)CC2)n1. The lowest BCUT2D eigenvalue weighted by atomic mass is 9.93. The number of aliphatic hydroxyl groups excluding tert-OH is 1. The average molecular weight is 481 g/mol. The van der Waals surface area contributed by atoms with Crippen molar-refractivity contribution in [3.05, 3.63) is 47.7 Å². The number of piperidine rings is 1. The summed E-state index contributed by atoms with van der Waals surface area (Å²) in [6.07, 6.45) is 8.68. The number of nitrogens with one attached hydrogen (secondary N) is 3. The molecule has 1 aliphatic heterocycles. The van der Waals surface area contributed by atoms with Crippen LogP contribution in [0.2, 0.25) is 0 Å². The Bertz CT molecular complexity index is 925. The molecule has 1 saturated carbocycles. The molecule has 2 aromatic rings. The van der Waals surface area contributed by atoms with E-state index in [9.17, 15) is 9.90 Å². The highest BCUT2D eigenvalue weighted by Gasteiger charge is 2.25. The number of benzene rings is 1. The molecule has 0 bridgehead atoms. The number of amides is 1. The van der Waals surface area contributed by atoms with E-state index < -0.39 is 0 Å². The number of aliphatic hydroxyl groups is 1. The molecule has 1 saturated heterocycles. The molecule has 1 aliphatic carbocycles. The van der Waals surface area contributed by atoms with Crippen LogP contribution in [0.1, 0.15) is 74.2 Å². The number of hydrogen-bond acceptors (Lipinski definition) is 7. The van der Waals surface area contributed by atoms with Crippen LogP contribution < -0.4 is 16.0 Å². The van der Waals surface area contributed by atoms with Crippen LogP contribution in [0.5, 0.6) is 0 Å². The van der Waals surface area contributed by atoms with E-state index in [4.69, 9.17) is 0 Å². The number of carbonyl (C=O) groups excluding carboxylic acids is 1. The third-order valence-electron chi connectivity index (χ3n) is 7.06. The predicted octanol–water partition coefficient (Wildman–Crippen LogP) is 3.80. The van der Waals surface area contributed by atoms with Gasteiger partial charge in [-0.15, -0.1) is 0 Å². The molecule has 4 N–H and O–H groups in total. The Labute approximate surface area is 208 Å². The highest BCUT2D eigenvalue weighted by molar-refractivity contribution is 5.98. The summed E-state index contributed by atoms with van der Waals surface area (Å²) in [4.78, 5) is 24.8. The zero-order chi connectivity index (χ0) is 24.5. The molecule has 0 radical (unpaired) electrons. The number of carbonyl (C=O) groups is 1. The summed E-state index contributed by atoms with van der Waals surface area (Å²) < 4.78 is 0. The fraction of sp³-hybridized carbons (Fsp3) is 0.593. The topological polar surface area (TPSA) is 102 Å². The number of anilines is 2. The molecule has 2 heterocycles. The summed E-state index contributed by atoms with van der Waals surface area (Å²) in [5.41, 5.74) is 1.81. The van der Waals surface area contributed by atoms with Crippen LogP contribution in [-0.4, -0.2) is 63.7 Å². The largest absolute Gasteiger partial charge is 0.393 e. The van der Waals surface area contributed by atoms with Crippen molar-refractivity contribution in [2.24, 2.45) is 0 Å². The molecular weight excluding hydrogens is 440 g/mol. The minimum absolute atomic E-state index is 0.120. The molecule has 190 valence electrons. The van der Waals surface area contributed by atoms with Crippen LogP contribution >= 0.6 is 0 Å². The van der Waals surface area contributed by atoms with Gasteiger partial charge in [-0.25, -0.2) is 4.98 Å². The van der Waals surface area contributed by atoms with E-state index in [0.29, 0.717) is 17.3 Å². The maximum Gasteiger partial charge on any atom is 0.256 e. The highest BCUT2D eigenvalue weighted by Crippen LogP contribution is 2.24. The van der Waals surface area contributed by atoms with Crippen molar-refractivity contribution in [1.29, 1.82) is 0 Å². The van der Waals surface area contributed by atoms with Gasteiger partial charge in [-0.2, -0.15) is 4.98 Å². The molecule has 0 unspecified atom stereocenters. The van der Waals surface area contributed by atoms with Gasteiger partial charge in [0.2, 0.25) is 5.95 Å². The summed E-state index contributed by atoms with van der Waals surface area (Å²) in [7, 11) is 0. The lowest BCUT2D eigenvalue weighted by Crippen LogP contribution is -2.44. The third-order valence-corrected chi connectivity index (χ3v) is 7.06. The van der Waals surface area contributed by atoms with E-state index in [2.05, 4.69) is 62.0 Å². The third kappa shape index (κ3) is 7.64. The van der Waals surface area contributed by atoms with Gasteiger partial charge in [0, 0.05) is 44.5 Å². The summed E-state index contributed by atoms with van der Waals surface area (Å²) in [6.45, 7) is 5.83. The van der Waals surface area contributed by atoms with Crippen molar-refractivity contribution < 1.29 is 9.90 Å². The average Bonchev–Trinajstić information content (AvgIpc) is 2.87. The van der Waals surface area contributed by atoms with Crippen molar-refractivity contribution in [3.8, 4) is 0 Å². The Morgan fingerprint density at radius 2 is 1.80 bits per heavy atom. The summed E-state index contributed by atoms with van der Waals surface area (Å²) >= 11 is 0. The smallest absolute Gasteiger partial charge is 0.256 e. The fourth-order valence-corrected chi connectivity index (χ4v) is 4.87. The Morgan fingerprint density at radius 1 is 1.06 bits per heavy atom. The summed E-state index contributed by atoms with van der Waals surface area (Å²) in [5.74, 6) is 1.01. The zero-order valence-electron chi connectivity index (χ0n) is 20.9. The van der Waals surface area contributed by atoms with E-state index in [-0.39, 0.29) is 24.1 Å². The molecule has 0 atom stereocenters. The van der Waals surface area contributed by atoms with Crippen LogP contribution in [0.4, 0.5) is 11.8 Å². The number of hydrogen-bond donors (Lipinski definition) is 4. The van der Waals surface area contributed by atoms with Gasteiger partial charge in [-0.1, -0.05) is 43.7 Å². The van der Waals surface area contributed by atoms with E-state index >= 15 is 0 Å². The number of unbranched alkanes of at least 4 members (excludes halogenated alkanes) is 1. The molecule has 1 aromatic carbocycles. The number of rotatable bonds is 10. The maximum atomic E-state index is 13.3. The first-order valence-electron chi connectivity index (χ1n) is 13.2. The summed E-state index contributed by atoms with van der Waals surface area (Å²) in [6, 6.07) is 10.9. The van der Waals surface area contributed by atoms with Crippen molar-refractivity contribution in [3.63, 3.8) is 0 Å². The quantitative estimate of drug-likeness (QED) is 0.384. The normalized spacial score (nSPS) is 21.4. The number of nitrogens with zero attached hydrogens (tertiary/aromatic N) is 3. The lowest BCUT2D eigenvalue weighted by Gasteiger charge is -2.32. The molecule has 1 aromatic heterocycles. The molecule has 0 spiro atoms. The van der Waals surface area contributed by atoms with Gasteiger partial charge in [0.15, 0.2) is 0 Å². The van der Waals surface area contributed by atoms with Gasteiger partial charge in [-0.3, -0.25) is 9.69 Å². The fourth-order valence-electron chi connectivity index (χ4n) is 4.87. The maximum absolute atomic E-state index is 13.3. The van der Waals surface area contributed by atoms with Crippen molar-refractivity contribution in [2.75, 3.05) is 30.3 Å². The molecule has 35 heavy (non-hydrogen) atoms. The molecule has 2 aliphatic rings. The monoisotopic (exact) mass is 480 g/mol. The first-order valence-corrected chi connectivity index (χ1v) is 13.2. The zero-order valence-corrected chi connectivity index (χ0v) is 20.9. The number of aromatic nitrogens is 2. The molecule has 8 nitrogen and oxygen atoms in total. The number of likely N-dealkylation sites (tertiary alicyclic amines) is 1. The van der Waals surface area contributed by atoms with Crippen LogP contribution in [0.25, 0.3) is 0 Å². The highest BCUT2D eigenvalue weighted by atomic mass is 16.3. The minimum Gasteiger partial charge on any atom is -0.393 e. The van der Waals surface area contributed by atoms with E-state index in [0.717, 1.165) is 77.5 Å². The van der Waals surface area contributed by atoms with Crippen LogP contribution in [0.3, 0.4) is 0 Å². The summed E-state index contributed by atoms with van der Waals surface area (Å²) in [5, 5.41) is 19.8. The Hall–Kier alpha value is -2.71. The standard InChI is InChI=1S/C27H40N6O2/c1-2-3-15-28-27-29-18-24(25(32-27)30-21-9-11-23(34)12-10-21)26(35)31-22-13-16-33(17-14-22)19-20-7-5-4-6-8-20/h4-8,18,21-23,34H,2-3,9-17,19H2,1H3,(H,31,35)(H2,28,29,30,32). The molecule has 1 amide bonds. The Morgan fingerprint density at radius 3 is 2.51 bits per heavy atom. The van der Waals surface area contributed by atoms with Crippen LogP contribution in [0, 0.1) is 0 Å². The molecular formula is C27H40N6O2. The van der Waals surface area contributed by atoms with Gasteiger partial charge in [0.25, 0.3) is 5.91 Å². The van der Waals surface area contributed by atoms with Gasteiger partial charge >= 0.3 is 0 Å². The van der Waals surface area contributed by atoms with E-state index in [1.807, 2.05) is 6.07 Å². The van der Waals surface area contributed by atoms with Crippen molar-refractivity contribution in [1.82, 2.24) is 20.2 Å². The first kappa shape index (κ1) is 25.4. The Balaban J connectivity index is 1.36. The second-order valence-corrected chi connectivity index (χ2v) is 9.90. The predicted molar refractivity (Wildman–Crippen MR) is 140 cm³/mol. The van der Waals surface area contributed by atoms with Crippen LogP contribution in [0.15, 0.2) is 36.5 Å². The van der Waals surface area contributed by atoms with Gasteiger partial charge in [0.1, 0.15) is 11.4 Å². The second kappa shape index (κ2) is 12.8. The van der Waals surface area contributed by atoms with Gasteiger partial charge < -0.3 is 21.1 Å². The first-order chi connectivity index (χ1) is 17.1. The van der Waals surface area contributed by atoms with Gasteiger partial charge in [-0.05, 0) is 50.5 Å². The van der Waals surface area contributed by atoms with E-state index in [1.165, 1.54) is 5.56 Å². The second-order valence-electron chi connectivity index (χ2n) is 9.90. The van der Waals surface area contributed by atoms with E-state index in [1.54, 1.807) is 6.20 Å². The molecule has 4 rings (SSSR count). The minimum atomic E-state index is -0.222.